The highest BCUT2D eigenvalue weighted by Crippen LogP contribution is 2.26. The van der Waals surface area contributed by atoms with Gasteiger partial charge >= 0.3 is 0 Å². The molecule has 0 aliphatic carbocycles. The molecule has 0 fully saturated rings. The summed E-state index contributed by atoms with van der Waals surface area (Å²) in [6.07, 6.45) is 0. The van der Waals surface area contributed by atoms with Gasteiger partial charge in [0.1, 0.15) is 5.75 Å². The highest BCUT2D eigenvalue weighted by molar-refractivity contribution is 8.00. The van der Waals surface area contributed by atoms with Crippen molar-refractivity contribution in [2.45, 2.75) is 24.3 Å². The van der Waals surface area contributed by atoms with E-state index in [4.69, 9.17) is 4.74 Å². The maximum absolute atomic E-state index is 12.6. The first-order valence-electron chi connectivity index (χ1n) is 7.79. The number of benzene rings is 2. The van der Waals surface area contributed by atoms with E-state index in [1.165, 1.54) is 11.8 Å². The molecule has 1 heterocycles. The van der Waals surface area contributed by atoms with E-state index in [1.807, 2.05) is 38.1 Å². The van der Waals surface area contributed by atoms with Crippen molar-refractivity contribution in [2.75, 3.05) is 7.11 Å². The molecule has 7 heteroatoms. The van der Waals surface area contributed by atoms with Crippen molar-refractivity contribution in [3.05, 3.63) is 59.7 Å². The number of hydrogen-bond acceptors (Lipinski definition) is 6. The molecule has 0 amide bonds. The number of methoxy groups -OCH3 is 1. The molecule has 0 unspecified atom stereocenters. The first-order chi connectivity index (χ1) is 12.1. The second kappa shape index (κ2) is 7.48. The van der Waals surface area contributed by atoms with Crippen LogP contribution < -0.4 is 4.74 Å². The van der Waals surface area contributed by atoms with Gasteiger partial charge in [0.2, 0.25) is 5.16 Å². The molecule has 0 spiro atoms. The van der Waals surface area contributed by atoms with Gasteiger partial charge in [-0.1, -0.05) is 29.5 Å². The van der Waals surface area contributed by atoms with Crippen molar-refractivity contribution in [3.63, 3.8) is 0 Å². The van der Waals surface area contributed by atoms with Crippen LogP contribution in [0.1, 0.15) is 22.8 Å². The van der Waals surface area contributed by atoms with Gasteiger partial charge in [-0.2, -0.15) is 4.68 Å². The Morgan fingerprint density at radius 3 is 2.44 bits per heavy atom. The minimum absolute atomic E-state index is 0.0195. The van der Waals surface area contributed by atoms with Crippen LogP contribution >= 0.6 is 11.8 Å². The molecule has 0 bridgehead atoms. The van der Waals surface area contributed by atoms with Gasteiger partial charge in [0.15, 0.2) is 5.78 Å². The van der Waals surface area contributed by atoms with Crippen molar-refractivity contribution >= 4 is 17.5 Å². The van der Waals surface area contributed by atoms with Crippen LogP contribution in [0.25, 0.3) is 5.69 Å². The largest absolute Gasteiger partial charge is 0.497 e. The Bertz CT molecular complexity index is 860. The van der Waals surface area contributed by atoms with Crippen molar-refractivity contribution < 1.29 is 9.53 Å². The van der Waals surface area contributed by atoms with Crippen LogP contribution in [0.4, 0.5) is 0 Å². The smallest absolute Gasteiger partial charge is 0.214 e. The summed E-state index contributed by atoms with van der Waals surface area (Å²) >= 11 is 1.33. The van der Waals surface area contributed by atoms with E-state index in [-0.39, 0.29) is 11.0 Å². The van der Waals surface area contributed by atoms with Gasteiger partial charge < -0.3 is 4.74 Å². The van der Waals surface area contributed by atoms with Crippen LogP contribution in [0, 0.1) is 6.92 Å². The zero-order chi connectivity index (χ0) is 17.8. The molecule has 6 nitrogen and oxygen atoms in total. The lowest BCUT2D eigenvalue weighted by Gasteiger charge is -2.10. The molecule has 0 saturated carbocycles. The second-order valence-electron chi connectivity index (χ2n) is 5.56. The number of aromatic nitrogens is 4. The number of aryl methyl sites for hydroxylation is 1. The summed E-state index contributed by atoms with van der Waals surface area (Å²) in [5.41, 5.74) is 2.66. The average molecular weight is 354 g/mol. The summed E-state index contributed by atoms with van der Waals surface area (Å²) in [7, 11) is 1.60. The lowest BCUT2D eigenvalue weighted by atomic mass is 10.1. The zero-order valence-corrected chi connectivity index (χ0v) is 15.0. The minimum Gasteiger partial charge on any atom is -0.497 e. The van der Waals surface area contributed by atoms with Gasteiger partial charge in [-0.05, 0) is 60.7 Å². The monoisotopic (exact) mass is 354 g/mol. The van der Waals surface area contributed by atoms with Crippen molar-refractivity contribution in [2.24, 2.45) is 0 Å². The molecule has 3 rings (SSSR count). The first-order valence-corrected chi connectivity index (χ1v) is 8.67. The molecule has 3 aromatic rings. The fourth-order valence-corrected chi connectivity index (χ4v) is 3.19. The molecule has 2 aromatic carbocycles. The van der Waals surface area contributed by atoms with E-state index in [2.05, 4.69) is 15.5 Å². The molecule has 128 valence electrons. The minimum atomic E-state index is -0.316. The van der Waals surface area contributed by atoms with E-state index in [0.717, 1.165) is 17.0 Å². The van der Waals surface area contributed by atoms with Crippen LogP contribution in [0.3, 0.4) is 0 Å². The number of Topliss-reactive ketones (excluding diaryl/α,β-unsaturated/α-hetero) is 1. The van der Waals surface area contributed by atoms with Crippen LogP contribution in [-0.4, -0.2) is 38.4 Å². The topological polar surface area (TPSA) is 69.9 Å². The average Bonchev–Trinajstić information content (AvgIpc) is 3.10. The van der Waals surface area contributed by atoms with E-state index in [1.54, 1.807) is 36.1 Å². The molecule has 0 aliphatic heterocycles. The quantitative estimate of drug-likeness (QED) is 0.499. The lowest BCUT2D eigenvalue weighted by molar-refractivity contribution is 0.0994. The van der Waals surface area contributed by atoms with Gasteiger partial charge in [0.25, 0.3) is 0 Å². The van der Waals surface area contributed by atoms with Crippen molar-refractivity contribution in [1.82, 2.24) is 20.2 Å². The molecule has 1 aromatic heterocycles. The molecule has 25 heavy (non-hydrogen) atoms. The van der Waals surface area contributed by atoms with Gasteiger partial charge in [0, 0.05) is 5.56 Å². The van der Waals surface area contributed by atoms with Crippen LogP contribution in [0.2, 0.25) is 0 Å². The highest BCUT2D eigenvalue weighted by atomic mass is 32.2. The number of ether oxygens (including phenoxy) is 1. The standard InChI is InChI=1S/C18H18N4O2S/c1-12-4-8-15(9-5-12)22-18(19-20-21-22)25-13(2)17(23)14-6-10-16(24-3)11-7-14/h4-11,13H,1-3H3/t13-/m0/s1. The number of carbonyl (C=O) groups is 1. The van der Waals surface area contributed by atoms with E-state index in [0.29, 0.717) is 10.7 Å². The third-order valence-corrected chi connectivity index (χ3v) is 4.78. The third kappa shape index (κ3) is 3.88. The Morgan fingerprint density at radius 2 is 1.80 bits per heavy atom. The molecular formula is C18H18N4O2S. The summed E-state index contributed by atoms with van der Waals surface area (Å²) in [5, 5.41) is 12.1. The Hall–Kier alpha value is -2.67. The molecular weight excluding hydrogens is 336 g/mol. The molecule has 0 N–H and O–H groups in total. The second-order valence-corrected chi connectivity index (χ2v) is 6.87. The van der Waals surface area contributed by atoms with Gasteiger partial charge in [0.05, 0.1) is 18.0 Å². The molecule has 0 saturated heterocycles. The van der Waals surface area contributed by atoms with Gasteiger partial charge in [-0.25, -0.2) is 0 Å². The Labute approximate surface area is 150 Å². The normalized spacial score (nSPS) is 12.0. The maximum Gasteiger partial charge on any atom is 0.214 e. The van der Waals surface area contributed by atoms with Gasteiger partial charge in [-0.3, -0.25) is 4.79 Å². The van der Waals surface area contributed by atoms with Gasteiger partial charge in [-0.15, -0.1) is 5.10 Å². The number of hydrogen-bond donors (Lipinski definition) is 0. The summed E-state index contributed by atoms with van der Waals surface area (Å²) < 4.78 is 6.76. The van der Waals surface area contributed by atoms with E-state index < -0.39 is 0 Å². The predicted molar refractivity (Wildman–Crippen MR) is 96.5 cm³/mol. The fraction of sp³-hybridized carbons (Fsp3) is 0.222. The predicted octanol–water partition coefficient (Wildman–Crippen LogP) is 3.34. The first kappa shape index (κ1) is 17.2. The Kier molecular flexibility index (Phi) is 5.14. The third-order valence-electron chi connectivity index (χ3n) is 3.75. The SMILES string of the molecule is COc1ccc(C(=O)[C@H](C)Sc2nnnn2-c2ccc(C)cc2)cc1. The van der Waals surface area contributed by atoms with Crippen LogP contribution in [0.5, 0.6) is 5.75 Å². The highest BCUT2D eigenvalue weighted by Gasteiger charge is 2.20. The van der Waals surface area contributed by atoms with Crippen molar-refractivity contribution in [1.29, 1.82) is 0 Å². The van der Waals surface area contributed by atoms with Crippen LogP contribution in [0.15, 0.2) is 53.7 Å². The number of carbonyl (C=O) groups excluding carboxylic acids is 1. The van der Waals surface area contributed by atoms with Crippen molar-refractivity contribution in [3.8, 4) is 11.4 Å². The number of rotatable bonds is 6. The zero-order valence-electron chi connectivity index (χ0n) is 14.2. The summed E-state index contributed by atoms with van der Waals surface area (Å²) in [6.45, 7) is 3.88. The lowest BCUT2D eigenvalue weighted by Crippen LogP contribution is -2.14. The number of ketones is 1. The maximum atomic E-state index is 12.6. The molecule has 0 aliphatic rings. The number of tetrazole rings is 1. The van der Waals surface area contributed by atoms with E-state index in [9.17, 15) is 4.79 Å². The fourth-order valence-electron chi connectivity index (χ4n) is 2.30. The summed E-state index contributed by atoms with van der Waals surface area (Å²) in [4.78, 5) is 12.6. The summed E-state index contributed by atoms with van der Waals surface area (Å²) in [5.74, 6) is 0.742. The Balaban J connectivity index is 1.77. The molecule has 1 atom stereocenters. The number of thioether (sulfide) groups is 1. The molecule has 0 radical (unpaired) electrons. The number of nitrogens with zero attached hydrogens (tertiary/aromatic N) is 4. The van der Waals surface area contributed by atoms with E-state index >= 15 is 0 Å². The Morgan fingerprint density at radius 1 is 1.12 bits per heavy atom. The van der Waals surface area contributed by atoms with Crippen LogP contribution in [-0.2, 0) is 0 Å². The summed E-state index contributed by atoms with van der Waals surface area (Å²) in [6, 6.07) is 15.0.